The van der Waals surface area contributed by atoms with Crippen LogP contribution in [0.5, 0.6) is 0 Å². The number of hydrogen-bond donors (Lipinski definition) is 0. The van der Waals surface area contributed by atoms with Gasteiger partial charge in [0.2, 0.25) is 0 Å². The number of ether oxygens (including phenoxy) is 1. The Balaban J connectivity index is 0.00000264. The van der Waals surface area contributed by atoms with Crippen LogP contribution in [-0.2, 0) is 10.5 Å². The third-order valence-electron chi connectivity index (χ3n) is 3.15. The van der Waals surface area contributed by atoms with E-state index >= 15 is 0 Å². The second-order valence-corrected chi connectivity index (χ2v) is 6.25. The Hall–Kier alpha value is -1.49. The van der Waals surface area contributed by atoms with Gasteiger partial charge in [-0.2, -0.15) is 0 Å². The Morgan fingerprint density at radius 3 is 2.39 bits per heavy atom. The van der Waals surface area contributed by atoms with Crippen LogP contribution in [0, 0.1) is 0 Å². The Labute approximate surface area is 148 Å². The van der Waals surface area contributed by atoms with Gasteiger partial charge in [0.15, 0.2) is 0 Å². The SMILES string of the molecule is CN(C)CCOC(=O)c1ccccc1CSc1ccccc1.Cl. The van der Waals surface area contributed by atoms with Crippen molar-refractivity contribution in [3.05, 3.63) is 65.7 Å². The van der Waals surface area contributed by atoms with E-state index < -0.39 is 0 Å². The normalized spacial score (nSPS) is 10.2. The Kier molecular flexibility index (Phi) is 8.77. The number of carbonyl (C=O) groups is 1. The fourth-order valence-electron chi connectivity index (χ4n) is 1.92. The highest BCUT2D eigenvalue weighted by molar-refractivity contribution is 7.98. The van der Waals surface area contributed by atoms with E-state index in [9.17, 15) is 4.79 Å². The van der Waals surface area contributed by atoms with E-state index in [2.05, 4.69) is 12.1 Å². The summed E-state index contributed by atoms with van der Waals surface area (Å²) in [5.41, 5.74) is 1.66. The standard InChI is InChI=1S/C18H21NO2S.ClH/c1-19(2)12-13-21-18(20)17-11-7-6-8-15(17)14-22-16-9-4-3-5-10-16;/h3-11H,12-14H2,1-2H3;1H. The van der Waals surface area contributed by atoms with E-state index in [4.69, 9.17) is 4.74 Å². The van der Waals surface area contributed by atoms with Gasteiger partial charge in [-0.05, 0) is 37.9 Å². The lowest BCUT2D eigenvalue weighted by Gasteiger charge is -2.12. The first-order valence-corrected chi connectivity index (χ1v) is 8.23. The van der Waals surface area contributed by atoms with E-state index in [1.54, 1.807) is 11.8 Å². The molecule has 3 nitrogen and oxygen atoms in total. The second kappa shape index (κ2) is 10.3. The smallest absolute Gasteiger partial charge is 0.338 e. The first-order valence-electron chi connectivity index (χ1n) is 7.24. The van der Waals surface area contributed by atoms with Gasteiger partial charge < -0.3 is 9.64 Å². The zero-order valence-corrected chi connectivity index (χ0v) is 15.0. The largest absolute Gasteiger partial charge is 0.461 e. The molecular formula is C18H22ClNO2S. The number of carbonyl (C=O) groups excluding carboxylic acids is 1. The van der Waals surface area contributed by atoms with Crippen LogP contribution >= 0.6 is 24.2 Å². The van der Waals surface area contributed by atoms with Gasteiger partial charge in [0.05, 0.1) is 5.56 Å². The highest BCUT2D eigenvalue weighted by Gasteiger charge is 2.12. The van der Waals surface area contributed by atoms with Gasteiger partial charge in [0.1, 0.15) is 6.61 Å². The molecule has 0 unspecified atom stereocenters. The molecule has 0 amide bonds. The van der Waals surface area contributed by atoms with Crippen LogP contribution in [0.1, 0.15) is 15.9 Å². The molecule has 0 aliphatic carbocycles. The number of thioether (sulfide) groups is 1. The number of benzene rings is 2. The molecular weight excluding hydrogens is 330 g/mol. The molecule has 0 N–H and O–H groups in total. The molecule has 124 valence electrons. The van der Waals surface area contributed by atoms with Crippen LogP contribution in [0.15, 0.2) is 59.5 Å². The first-order chi connectivity index (χ1) is 10.7. The first kappa shape index (κ1) is 19.6. The summed E-state index contributed by atoms with van der Waals surface area (Å²) in [6.07, 6.45) is 0. The summed E-state index contributed by atoms with van der Waals surface area (Å²) in [5, 5.41) is 0. The van der Waals surface area contributed by atoms with Crippen molar-refractivity contribution in [1.29, 1.82) is 0 Å². The van der Waals surface area contributed by atoms with Crippen molar-refractivity contribution in [3.8, 4) is 0 Å². The van der Waals surface area contributed by atoms with E-state index in [0.717, 1.165) is 17.9 Å². The highest BCUT2D eigenvalue weighted by Crippen LogP contribution is 2.24. The van der Waals surface area contributed by atoms with Gasteiger partial charge in [-0.25, -0.2) is 4.79 Å². The molecule has 0 radical (unpaired) electrons. The third-order valence-corrected chi connectivity index (χ3v) is 4.21. The van der Waals surface area contributed by atoms with Crippen LogP contribution < -0.4 is 0 Å². The number of halogens is 1. The van der Waals surface area contributed by atoms with Gasteiger partial charge in [-0.15, -0.1) is 24.2 Å². The number of nitrogens with zero attached hydrogens (tertiary/aromatic N) is 1. The van der Waals surface area contributed by atoms with Gasteiger partial charge in [0.25, 0.3) is 0 Å². The van der Waals surface area contributed by atoms with Crippen LogP contribution in [0.2, 0.25) is 0 Å². The molecule has 2 aromatic rings. The van der Waals surface area contributed by atoms with Crippen molar-refractivity contribution in [2.45, 2.75) is 10.6 Å². The molecule has 2 rings (SSSR count). The molecule has 0 saturated heterocycles. The summed E-state index contributed by atoms with van der Waals surface area (Å²) < 4.78 is 5.34. The summed E-state index contributed by atoms with van der Waals surface area (Å²) in [6.45, 7) is 1.14. The molecule has 0 bridgehead atoms. The minimum atomic E-state index is -0.244. The van der Waals surface area contributed by atoms with Crippen molar-refractivity contribution >= 4 is 30.1 Å². The monoisotopic (exact) mass is 351 g/mol. The lowest BCUT2D eigenvalue weighted by Crippen LogP contribution is -2.20. The second-order valence-electron chi connectivity index (χ2n) is 5.20. The number of hydrogen-bond acceptors (Lipinski definition) is 4. The zero-order chi connectivity index (χ0) is 15.8. The lowest BCUT2D eigenvalue weighted by molar-refractivity contribution is 0.0481. The van der Waals surface area contributed by atoms with Crippen molar-refractivity contribution < 1.29 is 9.53 Å². The van der Waals surface area contributed by atoms with Crippen LogP contribution in [0.3, 0.4) is 0 Å². The molecule has 0 saturated carbocycles. The predicted octanol–water partition coefficient (Wildman–Crippen LogP) is 4.12. The molecule has 0 aliphatic heterocycles. The number of esters is 1. The molecule has 23 heavy (non-hydrogen) atoms. The molecule has 0 heterocycles. The minimum Gasteiger partial charge on any atom is -0.461 e. The van der Waals surface area contributed by atoms with Gasteiger partial charge in [-0.3, -0.25) is 0 Å². The van der Waals surface area contributed by atoms with Crippen LogP contribution in [0.25, 0.3) is 0 Å². The lowest BCUT2D eigenvalue weighted by atomic mass is 10.1. The Bertz CT molecular complexity index is 605. The maximum atomic E-state index is 12.2. The van der Waals surface area contributed by atoms with Gasteiger partial charge in [0, 0.05) is 17.2 Å². The molecule has 5 heteroatoms. The minimum absolute atomic E-state index is 0. The van der Waals surface area contributed by atoms with E-state index in [-0.39, 0.29) is 18.4 Å². The highest BCUT2D eigenvalue weighted by atomic mass is 35.5. The summed E-state index contributed by atoms with van der Waals surface area (Å²) in [6, 6.07) is 17.8. The third kappa shape index (κ3) is 6.65. The Morgan fingerprint density at radius 2 is 1.70 bits per heavy atom. The van der Waals surface area contributed by atoms with Crippen molar-refractivity contribution in [2.75, 3.05) is 27.2 Å². The predicted molar refractivity (Wildman–Crippen MR) is 98.5 cm³/mol. The molecule has 0 aromatic heterocycles. The van der Waals surface area contributed by atoms with Crippen LogP contribution in [-0.4, -0.2) is 38.1 Å². The number of rotatable bonds is 7. The maximum Gasteiger partial charge on any atom is 0.338 e. The quantitative estimate of drug-likeness (QED) is 0.554. The summed E-state index contributed by atoms with van der Waals surface area (Å²) >= 11 is 1.72. The van der Waals surface area contributed by atoms with Crippen molar-refractivity contribution in [3.63, 3.8) is 0 Å². The molecule has 0 spiro atoms. The van der Waals surface area contributed by atoms with Gasteiger partial charge >= 0.3 is 5.97 Å². The average Bonchev–Trinajstić information content (AvgIpc) is 2.54. The van der Waals surface area contributed by atoms with E-state index in [1.165, 1.54) is 4.90 Å². The maximum absolute atomic E-state index is 12.2. The molecule has 0 atom stereocenters. The van der Waals surface area contributed by atoms with E-state index in [0.29, 0.717) is 12.2 Å². The number of likely N-dealkylation sites (N-methyl/N-ethyl adjacent to an activating group) is 1. The van der Waals surface area contributed by atoms with Crippen molar-refractivity contribution in [1.82, 2.24) is 4.90 Å². The van der Waals surface area contributed by atoms with E-state index in [1.807, 2.05) is 61.5 Å². The van der Waals surface area contributed by atoms with Gasteiger partial charge in [-0.1, -0.05) is 36.4 Å². The fourth-order valence-corrected chi connectivity index (χ4v) is 2.85. The molecule has 0 fully saturated rings. The van der Waals surface area contributed by atoms with Crippen molar-refractivity contribution in [2.24, 2.45) is 0 Å². The average molecular weight is 352 g/mol. The topological polar surface area (TPSA) is 29.5 Å². The zero-order valence-electron chi connectivity index (χ0n) is 13.4. The summed E-state index contributed by atoms with van der Waals surface area (Å²) in [4.78, 5) is 15.4. The molecule has 0 aliphatic rings. The molecule has 2 aromatic carbocycles. The summed E-state index contributed by atoms with van der Waals surface area (Å²) in [7, 11) is 3.91. The summed E-state index contributed by atoms with van der Waals surface area (Å²) in [5.74, 6) is 0.509. The fraction of sp³-hybridized carbons (Fsp3) is 0.278. The Morgan fingerprint density at radius 1 is 1.04 bits per heavy atom. The van der Waals surface area contributed by atoms with Crippen LogP contribution in [0.4, 0.5) is 0 Å².